The molecule has 0 saturated heterocycles. The standard InChI is InChI=1S/C17H24N4O4/c1-9(17(24)25)8-20(4)13(22)7-6-12-10(2)14-15(18-11(12)3)21(5)19-16(14)23/h9H,6-8H2,1-5H3,(H,19,23)(H,24,25). The lowest BCUT2D eigenvalue weighted by Gasteiger charge is -2.20. The lowest BCUT2D eigenvalue weighted by Crippen LogP contribution is -2.33. The van der Waals surface area contributed by atoms with Crippen LogP contribution in [0.5, 0.6) is 0 Å². The van der Waals surface area contributed by atoms with Gasteiger partial charge in [-0.2, -0.15) is 0 Å². The van der Waals surface area contributed by atoms with Crippen LogP contribution in [0.3, 0.4) is 0 Å². The summed E-state index contributed by atoms with van der Waals surface area (Å²) in [5.74, 6) is -1.67. The van der Waals surface area contributed by atoms with E-state index in [0.29, 0.717) is 17.5 Å². The number of hydrogen-bond donors (Lipinski definition) is 2. The van der Waals surface area contributed by atoms with E-state index < -0.39 is 11.9 Å². The summed E-state index contributed by atoms with van der Waals surface area (Å²) < 4.78 is 1.59. The third kappa shape index (κ3) is 3.72. The Morgan fingerprint density at radius 3 is 2.60 bits per heavy atom. The summed E-state index contributed by atoms with van der Waals surface area (Å²) in [6.07, 6.45) is 0.696. The minimum atomic E-state index is -0.927. The van der Waals surface area contributed by atoms with Crippen LogP contribution in [0.25, 0.3) is 11.0 Å². The Hall–Kier alpha value is -2.64. The second-order valence-electron chi connectivity index (χ2n) is 6.51. The van der Waals surface area contributed by atoms with Gasteiger partial charge in [0.1, 0.15) is 0 Å². The van der Waals surface area contributed by atoms with Crippen LogP contribution >= 0.6 is 0 Å². The first-order valence-corrected chi connectivity index (χ1v) is 8.15. The fraction of sp³-hybridized carbons (Fsp3) is 0.529. The van der Waals surface area contributed by atoms with Gasteiger partial charge in [-0.1, -0.05) is 6.92 Å². The molecule has 0 aliphatic heterocycles. The van der Waals surface area contributed by atoms with Gasteiger partial charge in [0.25, 0.3) is 5.56 Å². The van der Waals surface area contributed by atoms with Crippen LogP contribution in [-0.2, 0) is 23.1 Å². The highest BCUT2D eigenvalue weighted by Crippen LogP contribution is 2.21. The summed E-state index contributed by atoms with van der Waals surface area (Å²) in [5.41, 5.74) is 2.91. The van der Waals surface area contributed by atoms with E-state index in [-0.39, 0.29) is 24.4 Å². The number of amides is 1. The monoisotopic (exact) mass is 348 g/mol. The van der Waals surface area contributed by atoms with Crippen molar-refractivity contribution in [2.45, 2.75) is 33.6 Å². The molecule has 0 aliphatic carbocycles. The van der Waals surface area contributed by atoms with Crippen molar-refractivity contribution in [1.29, 1.82) is 0 Å². The van der Waals surface area contributed by atoms with Crippen molar-refractivity contribution in [3.8, 4) is 0 Å². The second-order valence-corrected chi connectivity index (χ2v) is 6.51. The molecule has 1 amide bonds. The van der Waals surface area contributed by atoms with E-state index in [1.165, 1.54) is 4.90 Å². The van der Waals surface area contributed by atoms with E-state index in [0.717, 1.165) is 16.8 Å². The zero-order valence-electron chi connectivity index (χ0n) is 15.2. The number of carbonyl (C=O) groups is 2. The smallest absolute Gasteiger partial charge is 0.308 e. The Morgan fingerprint density at radius 2 is 2.00 bits per heavy atom. The minimum absolute atomic E-state index is 0.131. The molecule has 0 spiro atoms. The van der Waals surface area contributed by atoms with Crippen LogP contribution in [0.1, 0.15) is 30.2 Å². The fourth-order valence-electron chi connectivity index (χ4n) is 3.03. The quantitative estimate of drug-likeness (QED) is 0.809. The molecule has 1 unspecified atom stereocenters. The van der Waals surface area contributed by atoms with E-state index in [2.05, 4.69) is 10.1 Å². The molecule has 0 radical (unpaired) electrons. The van der Waals surface area contributed by atoms with Gasteiger partial charge in [-0.25, -0.2) is 4.98 Å². The lowest BCUT2D eigenvalue weighted by atomic mass is 10.00. The van der Waals surface area contributed by atoms with Crippen molar-refractivity contribution in [2.24, 2.45) is 13.0 Å². The molecule has 0 saturated carbocycles. The highest BCUT2D eigenvalue weighted by atomic mass is 16.4. The van der Waals surface area contributed by atoms with E-state index >= 15 is 0 Å². The third-order valence-electron chi connectivity index (χ3n) is 4.56. The van der Waals surface area contributed by atoms with Gasteiger partial charge in [0.05, 0.1) is 11.3 Å². The number of carbonyl (C=O) groups excluding carboxylic acids is 1. The van der Waals surface area contributed by atoms with Gasteiger partial charge in [-0.3, -0.25) is 24.2 Å². The Morgan fingerprint density at radius 1 is 1.36 bits per heavy atom. The summed E-state index contributed by atoms with van der Waals surface area (Å²) in [6.45, 7) is 5.46. The Kier molecular flexibility index (Phi) is 5.30. The molecule has 25 heavy (non-hydrogen) atoms. The molecule has 2 aromatic rings. The van der Waals surface area contributed by atoms with Gasteiger partial charge in [-0.05, 0) is 31.4 Å². The first kappa shape index (κ1) is 18.7. The molecular formula is C17H24N4O4. The highest BCUT2D eigenvalue weighted by Gasteiger charge is 2.19. The molecular weight excluding hydrogens is 324 g/mol. The number of rotatable bonds is 6. The van der Waals surface area contributed by atoms with Crippen LogP contribution in [0, 0.1) is 19.8 Å². The number of aromatic amines is 1. The van der Waals surface area contributed by atoms with Gasteiger partial charge in [0, 0.05) is 32.8 Å². The number of aromatic nitrogens is 3. The fourth-order valence-corrected chi connectivity index (χ4v) is 3.03. The normalized spacial score (nSPS) is 12.4. The Bertz CT molecular complexity index is 881. The maximum Gasteiger partial charge on any atom is 0.308 e. The second kappa shape index (κ2) is 7.08. The number of pyridine rings is 1. The number of nitrogens with one attached hydrogen (secondary N) is 1. The molecule has 0 aromatic carbocycles. The van der Waals surface area contributed by atoms with Crippen molar-refractivity contribution in [3.05, 3.63) is 27.2 Å². The maximum absolute atomic E-state index is 12.3. The average molecular weight is 348 g/mol. The summed E-state index contributed by atoms with van der Waals surface area (Å²) in [4.78, 5) is 41.2. The van der Waals surface area contributed by atoms with Crippen molar-refractivity contribution < 1.29 is 14.7 Å². The third-order valence-corrected chi connectivity index (χ3v) is 4.56. The topological polar surface area (TPSA) is 108 Å². The number of fused-ring (bicyclic) bond motifs is 1. The number of nitrogens with zero attached hydrogens (tertiary/aromatic N) is 3. The van der Waals surface area contributed by atoms with Gasteiger partial charge < -0.3 is 10.0 Å². The number of aryl methyl sites for hydroxylation is 3. The molecule has 8 heteroatoms. The van der Waals surface area contributed by atoms with Crippen LogP contribution < -0.4 is 5.56 Å². The molecule has 2 rings (SSSR count). The number of hydrogen-bond acceptors (Lipinski definition) is 4. The largest absolute Gasteiger partial charge is 0.481 e. The number of aliphatic carboxylic acids is 1. The van der Waals surface area contributed by atoms with Crippen molar-refractivity contribution in [2.75, 3.05) is 13.6 Å². The van der Waals surface area contributed by atoms with Crippen LogP contribution in [0.15, 0.2) is 4.79 Å². The van der Waals surface area contributed by atoms with Gasteiger partial charge in [0.15, 0.2) is 5.65 Å². The zero-order chi connectivity index (χ0) is 18.9. The Balaban J connectivity index is 2.18. The van der Waals surface area contributed by atoms with Gasteiger partial charge >= 0.3 is 5.97 Å². The summed E-state index contributed by atoms with van der Waals surface area (Å²) >= 11 is 0. The first-order valence-electron chi connectivity index (χ1n) is 8.15. The predicted octanol–water partition coefficient (Wildman–Crippen LogP) is 0.990. The average Bonchev–Trinajstić information content (AvgIpc) is 2.80. The lowest BCUT2D eigenvalue weighted by molar-refractivity contribution is -0.142. The van der Waals surface area contributed by atoms with Crippen LogP contribution in [0.2, 0.25) is 0 Å². The summed E-state index contributed by atoms with van der Waals surface area (Å²) in [5, 5.41) is 12.2. The molecule has 1 atom stereocenters. The Labute approximate surface area is 145 Å². The van der Waals surface area contributed by atoms with Crippen molar-refractivity contribution >= 4 is 22.9 Å². The maximum atomic E-state index is 12.3. The van der Waals surface area contributed by atoms with E-state index in [9.17, 15) is 14.4 Å². The molecule has 0 bridgehead atoms. The number of H-pyrrole nitrogens is 1. The van der Waals surface area contributed by atoms with Crippen LogP contribution in [-0.4, -0.2) is 50.2 Å². The van der Waals surface area contributed by atoms with Gasteiger partial charge in [-0.15, -0.1) is 0 Å². The SMILES string of the molecule is Cc1nc2c(c(C)c1CCC(=O)N(C)CC(C)C(=O)O)c(=O)[nH]n2C. The number of carboxylic acids is 1. The molecule has 136 valence electrons. The van der Waals surface area contributed by atoms with Crippen molar-refractivity contribution in [3.63, 3.8) is 0 Å². The predicted molar refractivity (Wildman–Crippen MR) is 93.6 cm³/mol. The van der Waals surface area contributed by atoms with E-state index in [1.807, 2.05) is 13.8 Å². The first-order chi connectivity index (χ1) is 11.6. The van der Waals surface area contributed by atoms with E-state index in [4.69, 9.17) is 5.11 Å². The molecule has 2 heterocycles. The molecule has 8 nitrogen and oxygen atoms in total. The molecule has 2 N–H and O–H groups in total. The van der Waals surface area contributed by atoms with Gasteiger partial charge in [0.2, 0.25) is 5.91 Å². The highest BCUT2D eigenvalue weighted by molar-refractivity contribution is 5.81. The summed E-state index contributed by atoms with van der Waals surface area (Å²) in [6, 6.07) is 0. The minimum Gasteiger partial charge on any atom is -0.481 e. The molecule has 0 aliphatic rings. The van der Waals surface area contributed by atoms with E-state index in [1.54, 1.807) is 25.7 Å². The van der Waals surface area contributed by atoms with Crippen molar-refractivity contribution in [1.82, 2.24) is 19.7 Å². The molecule has 2 aromatic heterocycles. The summed E-state index contributed by atoms with van der Waals surface area (Å²) in [7, 11) is 3.34. The van der Waals surface area contributed by atoms with Crippen LogP contribution in [0.4, 0.5) is 0 Å². The zero-order valence-corrected chi connectivity index (χ0v) is 15.2. The number of carboxylic acid groups (broad SMARTS) is 1. The molecule has 0 fully saturated rings.